The molecule has 0 atom stereocenters. The van der Waals surface area contributed by atoms with E-state index in [1.165, 1.54) is 18.3 Å². The van der Waals surface area contributed by atoms with Crippen LogP contribution in [0.2, 0.25) is 0 Å². The number of benzene rings is 2. The summed E-state index contributed by atoms with van der Waals surface area (Å²) in [7, 11) is 0. The molecule has 0 aliphatic rings. The van der Waals surface area contributed by atoms with Crippen LogP contribution in [0.5, 0.6) is 0 Å². The van der Waals surface area contributed by atoms with E-state index in [4.69, 9.17) is 0 Å². The first-order valence-corrected chi connectivity index (χ1v) is 10.1. The van der Waals surface area contributed by atoms with Gasteiger partial charge in [-0.2, -0.15) is 13.2 Å². The maximum absolute atomic E-state index is 12.7. The van der Waals surface area contributed by atoms with Crippen LogP contribution in [-0.4, -0.2) is 26.0 Å². The van der Waals surface area contributed by atoms with Crippen LogP contribution in [0, 0.1) is 0 Å². The molecule has 4 rings (SSSR count). The van der Waals surface area contributed by atoms with E-state index in [9.17, 15) is 27.6 Å². The zero-order valence-electron chi connectivity index (χ0n) is 17.5. The SMILES string of the molecule is O=C(Cn1nc2ccc(C(=O)NCc3ccccc3)cn2c1=O)Nc1ccc(C(F)(F)F)cc1. The van der Waals surface area contributed by atoms with E-state index in [1.54, 1.807) is 0 Å². The zero-order valence-corrected chi connectivity index (χ0v) is 17.5. The molecule has 174 valence electrons. The second-order valence-electron chi connectivity index (χ2n) is 7.38. The minimum absolute atomic E-state index is 0.146. The first kappa shape index (κ1) is 22.8. The molecule has 0 aliphatic heterocycles. The number of aromatic nitrogens is 3. The van der Waals surface area contributed by atoms with Crippen molar-refractivity contribution in [3.8, 4) is 0 Å². The summed E-state index contributed by atoms with van der Waals surface area (Å²) >= 11 is 0. The highest BCUT2D eigenvalue weighted by molar-refractivity contribution is 5.94. The van der Waals surface area contributed by atoms with Crippen molar-refractivity contribution >= 4 is 23.1 Å². The molecule has 2 heterocycles. The molecule has 0 saturated heterocycles. The minimum Gasteiger partial charge on any atom is -0.348 e. The normalized spacial score (nSPS) is 11.4. The van der Waals surface area contributed by atoms with E-state index in [-0.39, 0.29) is 22.8 Å². The lowest BCUT2D eigenvalue weighted by Crippen LogP contribution is -2.28. The average Bonchev–Trinajstić information content (AvgIpc) is 3.12. The van der Waals surface area contributed by atoms with E-state index >= 15 is 0 Å². The Kier molecular flexibility index (Phi) is 6.17. The van der Waals surface area contributed by atoms with Crippen LogP contribution < -0.4 is 16.3 Å². The topological polar surface area (TPSA) is 97.5 Å². The molecule has 8 nitrogen and oxygen atoms in total. The van der Waals surface area contributed by atoms with Gasteiger partial charge in [0.1, 0.15) is 6.54 Å². The number of alkyl halides is 3. The van der Waals surface area contributed by atoms with Gasteiger partial charge in [-0.05, 0) is 42.0 Å². The summed E-state index contributed by atoms with van der Waals surface area (Å²) in [5.74, 6) is -1.03. The number of carbonyl (C=O) groups is 2. The predicted molar refractivity (Wildman–Crippen MR) is 117 cm³/mol. The number of nitrogens with zero attached hydrogens (tertiary/aromatic N) is 3. The molecule has 0 aliphatic carbocycles. The molecule has 0 fully saturated rings. The Morgan fingerprint density at radius 1 is 0.941 bits per heavy atom. The molecule has 0 radical (unpaired) electrons. The fourth-order valence-corrected chi connectivity index (χ4v) is 3.22. The summed E-state index contributed by atoms with van der Waals surface area (Å²) in [5.41, 5.74) is 0.0420. The summed E-state index contributed by atoms with van der Waals surface area (Å²) in [4.78, 5) is 37.4. The smallest absolute Gasteiger partial charge is 0.348 e. The summed E-state index contributed by atoms with van der Waals surface area (Å²) in [6.07, 6.45) is -3.15. The van der Waals surface area contributed by atoms with Crippen molar-refractivity contribution in [2.24, 2.45) is 0 Å². The lowest BCUT2D eigenvalue weighted by Gasteiger charge is -2.08. The molecular weight excluding hydrogens is 451 g/mol. The van der Waals surface area contributed by atoms with Crippen LogP contribution in [0.4, 0.5) is 18.9 Å². The van der Waals surface area contributed by atoms with E-state index in [0.717, 1.165) is 38.9 Å². The highest BCUT2D eigenvalue weighted by Crippen LogP contribution is 2.29. The summed E-state index contributed by atoms with van der Waals surface area (Å²) in [5, 5.41) is 9.25. The Bertz CT molecular complexity index is 1390. The number of amides is 2. The van der Waals surface area contributed by atoms with Gasteiger partial charge in [0.05, 0.1) is 11.1 Å². The molecule has 34 heavy (non-hydrogen) atoms. The monoisotopic (exact) mass is 469 g/mol. The van der Waals surface area contributed by atoms with Gasteiger partial charge in [0.2, 0.25) is 5.91 Å². The number of carbonyl (C=O) groups excluding carboxylic acids is 2. The van der Waals surface area contributed by atoms with Gasteiger partial charge in [0.25, 0.3) is 5.91 Å². The molecule has 2 aromatic heterocycles. The zero-order chi connectivity index (χ0) is 24.3. The van der Waals surface area contributed by atoms with Crippen molar-refractivity contribution in [3.63, 3.8) is 0 Å². The molecule has 0 saturated carbocycles. The van der Waals surface area contributed by atoms with E-state index in [1.807, 2.05) is 30.3 Å². The van der Waals surface area contributed by atoms with Crippen molar-refractivity contribution in [3.05, 3.63) is 100 Å². The Morgan fingerprint density at radius 3 is 2.32 bits per heavy atom. The molecule has 2 N–H and O–H groups in total. The lowest BCUT2D eigenvalue weighted by atomic mass is 10.2. The number of hydrogen-bond acceptors (Lipinski definition) is 4. The Hall–Kier alpha value is -4.41. The molecule has 2 amide bonds. The third-order valence-electron chi connectivity index (χ3n) is 4.92. The maximum Gasteiger partial charge on any atom is 0.416 e. The largest absolute Gasteiger partial charge is 0.416 e. The van der Waals surface area contributed by atoms with Crippen LogP contribution in [0.1, 0.15) is 21.5 Å². The summed E-state index contributed by atoms with van der Waals surface area (Å²) in [6, 6.07) is 16.2. The number of nitrogens with one attached hydrogen (secondary N) is 2. The Balaban J connectivity index is 1.44. The van der Waals surface area contributed by atoms with Crippen LogP contribution in [0.3, 0.4) is 0 Å². The number of rotatable bonds is 6. The van der Waals surface area contributed by atoms with E-state index in [0.29, 0.717) is 6.54 Å². The summed E-state index contributed by atoms with van der Waals surface area (Å²) in [6.45, 7) is -0.146. The third-order valence-corrected chi connectivity index (χ3v) is 4.92. The quantitative estimate of drug-likeness (QED) is 0.454. The van der Waals surface area contributed by atoms with E-state index < -0.39 is 29.9 Å². The van der Waals surface area contributed by atoms with Crippen LogP contribution in [-0.2, 0) is 24.1 Å². The van der Waals surface area contributed by atoms with Gasteiger partial charge in [-0.15, -0.1) is 5.10 Å². The Labute approximate surface area is 190 Å². The predicted octanol–water partition coefficient (Wildman–Crippen LogP) is 3.08. The number of pyridine rings is 1. The van der Waals surface area contributed by atoms with Gasteiger partial charge < -0.3 is 10.6 Å². The molecular formula is C23H18F3N5O3. The lowest BCUT2D eigenvalue weighted by molar-refractivity contribution is -0.137. The molecule has 2 aromatic carbocycles. The van der Waals surface area contributed by atoms with Crippen molar-refractivity contribution in [2.75, 3.05) is 5.32 Å². The highest BCUT2D eigenvalue weighted by atomic mass is 19.4. The van der Waals surface area contributed by atoms with Gasteiger partial charge in [0.15, 0.2) is 5.65 Å². The van der Waals surface area contributed by atoms with Gasteiger partial charge in [0, 0.05) is 18.4 Å². The summed E-state index contributed by atoms with van der Waals surface area (Å²) < 4.78 is 40.0. The number of anilines is 1. The van der Waals surface area contributed by atoms with Crippen molar-refractivity contribution in [1.29, 1.82) is 0 Å². The molecule has 0 unspecified atom stereocenters. The van der Waals surface area contributed by atoms with E-state index in [2.05, 4.69) is 15.7 Å². The minimum atomic E-state index is -4.48. The first-order valence-electron chi connectivity index (χ1n) is 10.1. The van der Waals surface area contributed by atoms with Crippen molar-refractivity contribution < 1.29 is 22.8 Å². The average molecular weight is 469 g/mol. The van der Waals surface area contributed by atoms with Crippen molar-refractivity contribution in [2.45, 2.75) is 19.3 Å². The molecule has 11 heteroatoms. The number of halogens is 3. The van der Waals surface area contributed by atoms with Crippen LogP contribution >= 0.6 is 0 Å². The standard InChI is InChI=1S/C23H18F3N5O3/c24-23(25,26)17-7-9-18(10-8-17)28-20(32)14-31-22(34)30-13-16(6-11-19(30)29-31)21(33)27-12-15-4-2-1-3-5-15/h1-11,13H,12,14H2,(H,27,33)(H,28,32). The fourth-order valence-electron chi connectivity index (χ4n) is 3.22. The fraction of sp³-hybridized carbons (Fsp3) is 0.130. The van der Waals surface area contributed by atoms with Gasteiger partial charge >= 0.3 is 11.9 Å². The van der Waals surface area contributed by atoms with Gasteiger partial charge in [-0.3, -0.25) is 9.59 Å². The second-order valence-corrected chi connectivity index (χ2v) is 7.38. The third kappa shape index (κ3) is 5.14. The first-order chi connectivity index (χ1) is 16.2. The highest BCUT2D eigenvalue weighted by Gasteiger charge is 2.30. The molecule has 0 bridgehead atoms. The van der Waals surface area contributed by atoms with Crippen LogP contribution in [0.15, 0.2) is 77.7 Å². The number of fused-ring (bicyclic) bond motifs is 1. The second kappa shape index (κ2) is 9.22. The van der Waals surface area contributed by atoms with Gasteiger partial charge in [-0.25, -0.2) is 13.9 Å². The van der Waals surface area contributed by atoms with Crippen molar-refractivity contribution in [1.82, 2.24) is 19.5 Å². The van der Waals surface area contributed by atoms with Gasteiger partial charge in [-0.1, -0.05) is 30.3 Å². The number of hydrogen-bond donors (Lipinski definition) is 2. The molecule has 0 spiro atoms. The molecule has 4 aromatic rings. The Morgan fingerprint density at radius 2 is 1.65 bits per heavy atom. The van der Waals surface area contributed by atoms with Crippen LogP contribution in [0.25, 0.3) is 5.65 Å². The maximum atomic E-state index is 12.7.